The molecule has 0 spiro atoms. The van der Waals surface area contributed by atoms with Crippen LogP contribution >= 0.6 is 11.8 Å². The average Bonchev–Trinajstić information content (AvgIpc) is 3.60. The van der Waals surface area contributed by atoms with Gasteiger partial charge in [-0.25, -0.2) is 9.36 Å². The second-order valence-corrected chi connectivity index (χ2v) is 7.94. The summed E-state index contributed by atoms with van der Waals surface area (Å²) in [4.78, 5) is 0. The van der Waals surface area contributed by atoms with Gasteiger partial charge in [0.25, 0.3) is 0 Å². The Bertz CT molecular complexity index is 1280. The number of furan rings is 1. The second kappa shape index (κ2) is 9.11. The Morgan fingerprint density at radius 2 is 1.84 bits per heavy atom. The summed E-state index contributed by atoms with van der Waals surface area (Å²) in [7, 11) is 1.66. The molecule has 0 saturated heterocycles. The molecule has 0 aliphatic carbocycles. The van der Waals surface area contributed by atoms with Crippen molar-refractivity contribution in [1.82, 2.24) is 30.0 Å². The molecular formula is C23H20N6O2S. The smallest absolute Gasteiger partial charge is 0.210 e. The van der Waals surface area contributed by atoms with E-state index >= 15 is 0 Å². The van der Waals surface area contributed by atoms with Gasteiger partial charge in [-0.05, 0) is 59.0 Å². The van der Waals surface area contributed by atoms with E-state index in [2.05, 4.69) is 21.7 Å². The molecule has 0 fully saturated rings. The Morgan fingerprint density at radius 3 is 2.59 bits per heavy atom. The fourth-order valence-electron chi connectivity index (χ4n) is 3.31. The number of aromatic nitrogens is 6. The van der Waals surface area contributed by atoms with Gasteiger partial charge in [0.05, 0.1) is 24.8 Å². The molecule has 0 unspecified atom stereocenters. The Morgan fingerprint density at radius 1 is 1.00 bits per heavy atom. The third-order valence-corrected chi connectivity index (χ3v) is 5.92. The first-order chi connectivity index (χ1) is 15.8. The zero-order valence-corrected chi connectivity index (χ0v) is 18.1. The van der Waals surface area contributed by atoms with E-state index in [0.29, 0.717) is 12.3 Å². The van der Waals surface area contributed by atoms with Crippen molar-refractivity contribution in [2.75, 3.05) is 7.11 Å². The van der Waals surface area contributed by atoms with Gasteiger partial charge in [-0.3, -0.25) is 0 Å². The topological polar surface area (TPSA) is 83.8 Å². The molecule has 2 aromatic carbocycles. The lowest BCUT2D eigenvalue weighted by Crippen LogP contribution is -2.03. The van der Waals surface area contributed by atoms with Gasteiger partial charge in [-0.1, -0.05) is 30.0 Å². The summed E-state index contributed by atoms with van der Waals surface area (Å²) in [5.41, 5.74) is 4.01. The van der Waals surface area contributed by atoms with Gasteiger partial charge < -0.3 is 9.15 Å². The number of methoxy groups -OCH3 is 1. The lowest BCUT2D eigenvalue weighted by atomic mass is 10.1. The standard InChI is InChI=1S/C23H20N6O2S/c1-30-20-11-9-17(10-12-20)22-18(14-28(25-22)19-6-3-2-4-7-19)16-32-23-24-26-27-29(23)15-21-8-5-13-31-21/h2-14H,15-16H2,1H3. The van der Waals surface area contributed by atoms with Gasteiger partial charge in [-0.2, -0.15) is 5.10 Å². The molecule has 0 N–H and O–H groups in total. The largest absolute Gasteiger partial charge is 0.497 e. The van der Waals surface area contributed by atoms with Crippen LogP contribution in [-0.4, -0.2) is 37.1 Å². The zero-order valence-electron chi connectivity index (χ0n) is 17.3. The molecule has 5 aromatic rings. The fraction of sp³-hybridized carbons (Fsp3) is 0.130. The van der Waals surface area contributed by atoms with Crippen LogP contribution in [0.5, 0.6) is 5.75 Å². The Hall–Kier alpha value is -3.85. The van der Waals surface area contributed by atoms with Gasteiger partial charge >= 0.3 is 0 Å². The van der Waals surface area contributed by atoms with Crippen LogP contribution < -0.4 is 4.74 Å². The first-order valence-electron chi connectivity index (χ1n) is 10.00. The van der Waals surface area contributed by atoms with Crippen molar-refractivity contribution in [3.05, 3.63) is 90.5 Å². The lowest BCUT2D eigenvalue weighted by molar-refractivity contribution is 0.415. The highest BCUT2D eigenvalue weighted by molar-refractivity contribution is 7.98. The molecule has 3 aromatic heterocycles. The number of thioether (sulfide) groups is 1. The number of nitrogens with zero attached hydrogens (tertiary/aromatic N) is 6. The summed E-state index contributed by atoms with van der Waals surface area (Å²) in [6.45, 7) is 0.483. The van der Waals surface area contributed by atoms with E-state index in [9.17, 15) is 0 Å². The highest BCUT2D eigenvalue weighted by Gasteiger charge is 2.16. The minimum atomic E-state index is 0.483. The molecule has 0 saturated carbocycles. The maximum atomic E-state index is 5.42. The van der Waals surface area contributed by atoms with Crippen LogP contribution in [-0.2, 0) is 12.3 Å². The second-order valence-electron chi connectivity index (χ2n) is 7.00. The number of tetrazole rings is 1. The Kier molecular flexibility index (Phi) is 5.71. The van der Waals surface area contributed by atoms with E-state index in [1.165, 1.54) is 0 Å². The molecule has 0 amide bonds. The molecule has 0 radical (unpaired) electrons. The van der Waals surface area contributed by atoms with Crippen LogP contribution in [0.1, 0.15) is 11.3 Å². The van der Waals surface area contributed by atoms with Gasteiger partial charge in [0, 0.05) is 23.1 Å². The zero-order chi connectivity index (χ0) is 21.8. The van der Waals surface area contributed by atoms with Crippen molar-refractivity contribution in [2.45, 2.75) is 17.5 Å². The summed E-state index contributed by atoms with van der Waals surface area (Å²) in [6.07, 6.45) is 3.70. The minimum Gasteiger partial charge on any atom is -0.497 e. The number of hydrogen-bond donors (Lipinski definition) is 0. The minimum absolute atomic E-state index is 0.483. The predicted octanol–water partition coefficient (Wildman–Crippen LogP) is 4.47. The number of ether oxygens (including phenoxy) is 1. The Labute approximate surface area is 188 Å². The molecule has 32 heavy (non-hydrogen) atoms. The van der Waals surface area contributed by atoms with E-state index in [4.69, 9.17) is 14.3 Å². The number of hydrogen-bond acceptors (Lipinski definition) is 7. The van der Waals surface area contributed by atoms with Gasteiger partial charge in [0.15, 0.2) is 0 Å². The van der Waals surface area contributed by atoms with Gasteiger partial charge in [-0.15, -0.1) is 5.10 Å². The molecule has 9 heteroatoms. The highest BCUT2D eigenvalue weighted by Crippen LogP contribution is 2.30. The van der Waals surface area contributed by atoms with Crippen LogP contribution in [0.25, 0.3) is 16.9 Å². The SMILES string of the molecule is COc1ccc(-c2nn(-c3ccccc3)cc2CSc2nnnn2Cc2ccco2)cc1. The molecule has 0 aliphatic rings. The van der Waals surface area contributed by atoms with E-state index in [-0.39, 0.29) is 0 Å². The monoisotopic (exact) mass is 444 g/mol. The Balaban J connectivity index is 1.43. The quantitative estimate of drug-likeness (QED) is 0.327. The normalized spacial score (nSPS) is 11.0. The molecular weight excluding hydrogens is 424 g/mol. The van der Waals surface area contributed by atoms with Crippen molar-refractivity contribution >= 4 is 11.8 Å². The third-order valence-electron chi connectivity index (χ3n) is 4.92. The number of benzene rings is 2. The lowest BCUT2D eigenvalue weighted by Gasteiger charge is -2.05. The molecule has 8 nitrogen and oxygen atoms in total. The summed E-state index contributed by atoms with van der Waals surface area (Å²) >= 11 is 1.56. The van der Waals surface area contributed by atoms with Crippen LogP contribution in [0.2, 0.25) is 0 Å². The summed E-state index contributed by atoms with van der Waals surface area (Å²) in [5.74, 6) is 2.27. The van der Waals surface area contributed by atoms with Gasteiger partial charge in [0.1, 0.15) is 18.1 Å². The molecule has 160 valence electrons. The summed E-state index contributed by atoms with van der Waals surface area (Å²) < 4.78 is 14.4. The average molecular weight is 445 g/mol. The third kappa shape index (κ3) is 4.28. The predicted molar refractivity (Wildman–Crippen MR) is 121 cm³/mol. The van der Waals surface area contributed by atoms with Crippen molar-refractivity contribution in [3.8, 4) is 22.7 Å². The summed E-state index contributed by atoms with van der Waals surface area (Å²) in [6, 6.07) is 21.7. The maximum absolute atomic E-state index is 5.42. The number of rotatable bonds is 8. The van der Waals surface area contributed by atoms with Crippen LogP contribution in [0.3, 0.4) is 0 Å². The molecule has 0 atom stereocenters. The van der Waals surface area contributed by atoms with Crippen molar-refractivity contribution in [3.63, 3.8) is 0 Å². The summed E-state index contributed by atoms with van der Waals surface area (Å²) in [5, 5.41) is 17.7. The molecule has 0 bridgehead atoms. The van der Waals surface area contributed by atoms with E-state index in [1.54, 1.807) is 29.8 Å². The molecule has 3 heterocycles. The first-order valence-corrected chi connectivity index (χ1v) is 11.0. The maximum Gasteiger partial charge on any atom is 0.210 e. The van der Waals surface area contributed by atoms with Crippen LogP contribution in [0.4, 0.5) is 0 Å². The van der Waals surface area contributed by atoms with E-state index in [0.717, 1.165) is 39.2 Å². The molecule has 0 aliphatic heterocycles. The van der Waals surface area contributed by atoms with Crippen molar-refractivity contribution in [1.29, 1.82) is 0 Å². The fourth-order valence-corrected chi connectivity index (χ4v) is 4.15. The van der Waals surface area contributed by atoms with Gasteiger partial charge in [0.2, 0.25) is 5.16 Å². The first kappa shape index (κ1) is 20.1. The number of para-hydroxylation sites is 1. The van der Waals surface area contributed by atoms with E-state index in [1.807, 2.05) is 71.4 Å². The molecule has 5 rings (SSSR count). The van der Waals surface area contributed by atoms with Crippen molar-refractivity contribution < 1.29 is 9.15 Å². The van der Waals surface area contributed by atoms with Crippen molar-refractivity contribution in [2.24, 2.45) is 0 Å². The highest BCUT2D eigenvalue weighted by atomic mass is 32.2. The van der Waals surface area contributed by atoms with E-state index < -0.39 is 0 Å². The van der Waals surface area contributed by atoms with Crippen LogP contribution in [0.15, 0.2) is 88.8 Å². The van der Waals surface area contributed by atoms with Crippen LogP contribution in [0, 0.1) is 0 Å².